The van der Waals surface area contributed by atoms with E-state index in [0.29, 0.717) is 11.5 Å². The van der Waals surface area contributed by atoms with Crippen LogP contribution in [0.1, 0.15) is 12.5 Å². The Morgan fingerprint density at radius 3 is 2.71 bits per heavy atom. The molecule has 0 aromatic heterocycles. The topological polar surface area (TPSA) is 43.1 Å². The number of rotatable bonds is 4. The van der Waals surface area contributed by atoms with Crippen molar-refractivity contribution in [2.45, 2.75) is 18.7 Å². The molecule has 2 nitrogen and oxygen atoms in total. The van der Waals surface area contributed by atoms with Crippen molar-refractivity contribution in [3.8, 4) is 0 Å². The van der Waals surface area contributed by atoms with Crippen molar-refractivity contribution in [3.63, 3.8) is 0 Å². The average molecular weight is 276 g/mol. The zero-order valence-electron chi connectivity index (χ0n) is 8.07. The summed E-state index contributed by atoms with van der Waals surface area (Å²) in [5, 5.41) is 0. The van der Waals surface area contributed by atoms with Crippen molar-refractivity contribution in [3.05, 3.63) is 34.3 Å². The minimum Gasteiger partial charge on any atom is -0.327 e. The molecule has 0 heterocycles. The highest BCUT2D eigenvalue weighted by atomic mass is 79.9. The summed E-state index contributed by atoms with van der Waals surface area (Å²) < 4.78 is 12.6. The molecule has 1 rings (SSSR count). The SMILES string of the molecule is CC(N)CS(=O)Cc1ccccc1Br. The van der Waals surface area contributed by atoms with E-state index in [4.69, 9.17) is 5.73 Å². The summed E-state index contributed by atoms with van der Waals surface area (Å²) >= 11 is 3.43. The van der Waals surface area contributed by atoms with Crippen LogP contribution in [0.3, 0.4) is 0 Å². The number of nitrogens with two attached hydrogens (primary N) is 1. The molecule has 2 unspecified atom stereocenters. The zero-order valence-corrected chi connectivity index (χ0v) is 10.5. The van der Waals surface area contributed by atoms with Crippen LogP contribution >= 0.6 is 15.9 Å². The molecule has 0 amide bonds. The second kappa shape index (κ2) is 5.63. The van der Waals surface area contributed by atoms with E-state index in [1.807, 2.05) is 31.2 Å². The summed E-state index contributed by atoms with van der Waals surface area (Å²) in [5.41, 5.74) is 6.66. The third-order valence-corrected chi connectivity index (χ3v) is 4.03. The van der Waals surface area contributed by atoms with Gasteiger partial charge in [0, 0.05) is 32.8 Å². The predicted molar refractivity (Wildman–Crippen MR) is 64.5 cm³/mol. The molecule has 2 N–H and O–H groups in total. The summed E-state index contributed by atoms with van der Waals surface area (Å²) in [6.45, 7) is 1.87. The van der Waals surface area contributed by atoms with E-state index in [0.717, 1.165) is 10.0 Å². The van der Waals surface area contributed by atoms with Gasteiger partial charge in [-0.3, -0.25) is 4.21 Å². The second-order valence-electron chi connectivity index (χ2n) is 3.32. The lowest BCUT2D eigenvalue weighted by atomic mass is 10.2. The number of hydrogen-bond acceptors (Lipinski definition) is 2. The molecule has 1 aromatic carbocycles. The molecule has 0 aliphatic heterocycles. The van der Waals surface area contributed by atoms with Crippen LogP contribution in [0.5, 0.6) is 0 Å². The zero-order chi connectivity index (χ0) is 10.6. The molecule has 0 spiro atoms. The van der Waals surface area contributed by atoms with Crippen LogP contribution in [0, 0.1) is 0 Å². The van der Waals surface area contributed by atoms with Crippen molar-refractivity contribution in [2.24, 2.45) is 5.73 Å². The maximum absolute atomic E-state index is 11.6. The Balaban J connectivity index is 2.61. The summed E-state index contributed by atoms with van der Waals surface area (Å²) in [7, 11) is -0.866. The molecular weight excluding hydrogens is 262 g/mol. The van der Waals surface area contributed by atoms with Gasteiger partial charge in [0.2, 0.25) is 0 Å². The third kappa shape index (κ3) is 3.90. The van der Waals surface area contributed by atoms with E-state index in [1.54, 1.807) is 0 Å². The van der Waals surface area contributed by atoms with E-state index in [-0.39, 0.29) is 6.04 Å². The Morgan fingerprint density at radius 2 is 2.14 bits per heavy atom. The largest absolute Gasteiger partial charge is 0.327 e. The van der Waals surface area contributed by atoms with Crippen LogP contribution in [0.4, 0.5) is 0 Å². The fourth-order valence-corrected chi connectivity index (χ4v) is 3.05. The highest BCUT2D eigenvalue weighted by Gasteiger charge is 2.06. The van der Waals surface area contributed by atoms with Crippen LogP contribution < -0.4 is 5.73 Å². The highest BCUT2D eigenvalue weighted by Crippen LogP contribution is 2.17. The Morgan fingerprint density at radius 1 is 1.50 bits per heavy atom. The van der Waals surface area contributed by atoms with Crippen molar-refractivity contribution in [1.29, 1.82) is 0 Å². The first-order valence-corrected chi connectivity index (χ1v) is 6.71. The predicted octanol–water partition coefficient (Wildman–Crippen LogP) is 2.04. The molecule has 14 heavy (non-hydrogen) atoms. The molecule has 0 bridgehead atoms. The first-order chi connectivity index (χ1) is 6.59. The smallest absolute Gasteiger partial charge is 0.0497 e. The van der Waals surface area contributed by atoms with Gasteiger partial charge in [0.1, 0.15) is 0 Å². The van der Waals surface area contributed by atoms with Gasteiger partial charge in [-0.1, -0.05) is 34.1 Å². The lowest BCUT2D eigenvalue weighted by Gasteiger charge is -2.06. The average Bonchev–Trinajstić information content (AvgIpc) is 2.07. The van der Waals surface area contributed by atoms with Gasteiger partial charge in [-0.15, -0.1) is 0 Å². The summed E-state index contributed by atoms with van der Waals surface area (Å²) in [4.78, 5) is 0. The molecule has 1 aromatic rings. The monoisotopic (exact) mass is 275 g/mol. The normalized spacial score (nSPS) is 15.1. The summed E-state index contributed by atoms with van der Waals surface area (Å²) in [6.07, 6.45) is 0. The lowest BCUT2D eigenvalue weighted by Crippen LogP contribution is -2.23. The Labute approximate surface area is 95.5 Å². The number of hydrogen-bond donors (Lipinski definition) is 1. The molecular formula is C10H14BrNOS. The van der Waals surface area contributed by atoms with Gasteiger partial charge in [-0.25, -0.2) is 0 Å². The van der Waals surface area contributed by atoms with Crippen molar-refractivity contribution < 1.29 is 4.21 Å². The van der Waals surface area contributed by atoms with Gasteiger partial charge in [0.25, 0.3) is 0 Å². The molecule has 0 saturated carbocycles. The molecule has 0 aliphatic rings. The maximum Gasteiger partial charge on any atom is 0.0497 e. The standard InChI is InChI=1S/C10H14BrNOS/c1-8(12)6-14(13)7-9-4-2-3-5-10(9)11/h2-5,8H,6-7,12H2,1H3. The summed E-state index contributed by atoms with van der Waals surface area (Å²) in [5.74, 6) is 1.13. The third-order valence-electron chi connectivity index (χ3n) is 1.72. The molecule has 78 valence electrons. The Kier molecular flexibility index (Phi) is 4.78. The van der Waals surface area contributed by atoms with Crippen LogP contribution in [0.2, 0.25) is 0 Å². The van der Waals surface area contributed by atoms with E-state index in [2.05, 4.69) is 15.9 Å². The summed E-state index contributed by atoms with van der Waals surface area (Å²) in [6, 6.07) is 7.82. The minimum absolute atomic E-state index is 0.00155. The highest BCUT2D eigenvalue weighted by molar-refractivity contribution is 9.10. The number of benzene rings is 1. The second-order valence-corrected chi connectivity index (χ2v) is 5.68. The fraction of sp³-hybridized carbons (Fsp3) is 0.400. The van der Waals surface area contributed by atoms with Crippen LogP contribution in [-0.4, -0.2) is 16.0 Å². The van der Waals surface area contributed by atoms with E-state index in [1.165, 1.54) is 0 Å². The minimum atomic E-state index is -0.866. The van der Waals surface area contributed by atoms with Gasteiger partial charge in [-0.2, -0.15) is 0 Å². The van der Waals surface area contributed by atoms with Crippen LogP contribution in [0.25, 0.3) is 0 Å². The maximum atomic E-state index is 11.6. The van der Waals surface area contributed by atoms with E-state index >= 15 is 0 Å². The molecule has 0 saturated heterocycles. The van der Waals surface area contributed by atoms with Gasteiger partial charge < -0.3 is 5.73 Å². The molecule has 0 radical (unpaired) electrons. The Bertz CT molecular complexity index is 328. The number of halogens is 1. The van der Waals surface area contributed by atoms with E-state index in [9.17, 15) is 4.21 Å². The lowest BCUT2D eigenvalue weighted by molar-refractivity contribution is 0.676. The van der Waals surface area contributed by atoms with Crippen molar-refractivity contribution in [1.82, 2.24) is 0 Å². The van der Waals surface area contributed by atoms with Crippen molar-refractivity contribution in [2.75, 3.05) is 5.75 Å². The van der Waals surface area contributed by atoms with Crippen LogP contribution in [-0.2, 0) is 16.6 Å². The van der Waals surface area contributed by atoms with Gasteiger partial charge in [0.05, 0.1) is 0 Å². The van der Waals surface area contributed by atoms with Gasteiger partial charge in [0.15, 0.2) is 0 Å². The van der Waals surface area contributed by atoms with Gasteiger partial charge >= 0.3 is 0 Å². The van der Waals surface area contributed by atoms with Crippen LogP contribution in [0.15, 0.2) is 28.7 Å². The first-order valence-electron chi connectivity index (χ1n) is 4.43. The first kappa shape index (κ1) is 11.9. The van der Waals surface area contributed by atoms with Crippen molar-refractivity contribution >= 4 is 26.7 Å². The van der Waals surface area contributed by atoms with E-state index < -0.39 is 10.8 Å². The van der Waals surface area contributed by atoms with Gasteiger partial charge in [-0.05, 0) is 18.6 Å². The Hall–Kier alpha value is -0.190. The fourth-order valence-electron chi connectivity index (χ4n) is 1.14. The molecule has 0 fully saturated rings. The quantitative estimate of drug-likeness (QED) is 0.914. The molecule has 4 heteroatoms. The molecule has 2 atom stereocenters. The molecule has 0 aliphatic carbocycles.